The van der Waals surface area contributed by atoms with Gasteiger partial charge in [0.2, 0.25) is 0 Å². The first-order chi connectivity index (χ1) is 17.3. The summed E-state index contributed by atoms with van der Waals surface area (Å²) in [5.41, 5.74) is 2.19. The van der Waals surface area contributed by atoms with Crippen LogP contribution in [0.2, 0.25) is 10.0 Å². The molecule has 0 radical (unpaired) electrons. The van der Waals surface area contributed by atoms with Gasteiger partial charge in [0.1, 0.15) is 5.82 Å². The molecule has 1 aliphatic heterocycles. The van der Waals surface area contributed by atoms with Gasteiger partial charge in [-0.25, -0.2) is 9.38 Å². The summed E-state index contributed by atoms with van der Waals surface area (Å²) in [6.07, 6.45) is 1.66. The summed E-state index contributed by atoms with van der Waals surface area (Å²) in [5, 5.41) is 3.59. The molecule has 1 aliphatic rings. The number of nitrogens with one attached hydrogen (secondary N) is 1. The van der Waals surface area contributed by atoms with E-state index in [1.165, 1.54) is 28.0 Å². The quantitative estimate of drug-likeness (QED) is 0.383. The van der Waals surface area contributed by atoms with Crippen molar-refractivity contribution in [2.45, 2.75) is 13.0 Å². The van der Waals surface area contributed by atoms with Crippen LogP contribution < -0.4 is 20.2 Å². The van der Waals surface area contributed by atoms with Gasteiger partial charge >= 0.3 is 0 Å². The molecule has 0 bridgehead atoms. The Morgan fingerprint density at radius 3 is 2.50 bits per heavy atom. The molecule has 3 aromatic carbocycles. The van der Waals surface area contributed by atoms with E-state index in [0.717, 1.165) is 0 Å². The van der Waals surface area contributed by atoms with Crippen LogP contribution in [0.1, 0.15) is 24.1 Å². The Morgan fingerprint density at radius 2 is 1.78 bits per heavy atom. The number of anilines is 1. The number of halogens is 3. The summed E-state index contributed by atoms with van der Waals surface area (Å²) in [6, 6.07) is 19.1. The molecule has 0 aliphatic carbocycles. The van der Waals surface area contributed by atoms with Gasteiger partial charge in [0.15, 0.2) is 4.80 Å². The van der Waals surface area contributed by atoms with Crippen molar-refractivity contribution in [3.63, 3.8) is 0 Å². The van der Waals surface area contributed by atoms with E-state index in [1.807, 2.05) is 18.2 Å². The minimum absolute atomic E-state index is 0.296. The Balaban J connectivity index is 1.69. The number of thiazole rings is 1. The summed E-state index contributed by atoms with van der Waals surface area (Å²) in [7, 11) is 0. The van der Waals surface area contributed by atoms with Crippen LogP contribution in [0.25, 0.3) is 6.08 Å². The summed E-state index contributed by atoms with van der Waals surface area (Å²) >= 11 is 13.7. The fraction of sp³-hybridized carbons (Fsp3) is 0.0741. The van der Waals surface area contributed by atoms with Crippen molar-refractivity contribution in [3.05, 3.63) is 131 Å². The Bertz CT molecular complexity index is 1690. The predicted molar refractivity (Wildman–Crippen MR) is 142 cm³/mol. The number of fused-ring (bicyclic) bond motifs is 1. The zero-order valence-electron chi connectivity index (χ0n) is 18.8. The minimum atomic E-state index is -0.803. The third kappa shape index (κ3) is 4.53. The highest BCUT2D eigenvalue weighted by atomic mass is 35.5. The van der Waals surface area contributed by atoms with E-state index in [-0.39, 0.29) is 5.56 Å². The number of benzene rings is 3. The molecule has 1 amide bonds. The standard InChI is InChI=1S/C27H18Cl2FN3O2S/c1-15-22(25(34)32-19-7-3-2-4-8-19)24(16-10-12-18(30)13-11-16)33-26(35)21(36-27(33)31-15)14-17-6-5-9-20(28)23(17)29/h2-14,24H,1H3,(H,32,34)/b21-14-/t24-/m0/s1. The van der Waals surface area contributed by atoms with Gasteiger partial charge in [0, 0.05) is 5.69 Å². The largest absolute Gasteiger partial charge is 0.322 e. The number of hydrogen-bond acceptors (Lipinski definition) is 4. The maximum atomic E-state index is 13.8. The molecular formula is C27H18Cl2FN3O2S. The van der Waals surface area contributed by atoms with E-state index in [0.29, 0.717) is 47.5 Å². The molecule has 9 heteroatoms. The van der Waals surface area contributed by atoms with Crippen molar-refractivity contribution in [2.24, 2.45) is 4.99 Å². The zero-order valence-corrected chi connectivity index (χ0v) is 21.2. The number of carbonyl (C=O) groups is 1. The van der Waals surface area contributed by atoms with Crippen LogP contribution in [0.3, 0.4) is 0 Å². The van der Waals surface area contributed by atoms with Crippen LogP contribution in [-0.2, 0) is 4.79 Å². The SMILES string of the molecule is CC1=C(C(=O)Nc2ccccc2)[C@H](c2ccc(F)cc2)n2c(s/c(=C\c3cccc(Cl)c3Cl)c2=O)=N1. The van der Waals surface area contributed by atoms with Crippen molar-refractivity contribution in [2.75, 3.05) is 5.32 Å². The number of allylic oxidation sites excluding steroid dienone is 1. The first kappa shape index (κ1) is 24.2. The van der Waals surface area contributed by atoms with Crippen LogP contribution >= 0.6 is 34.5 Å². The smallest absolute Gasteiger partial charge is 0.271 e. The number of carbonyl (C=O) groups excluding carboxylic acids is 1. The first-order valence-electron chi connectivity index (χ1n) is 10.9. The lowest BCUT2D eigenvalue weighted by Crippen LogP contribution is -2.40. The van der Waals surface area contributed by atoms with Gasteiger partial charge in [-0.05, 0) is 54.5 Å². The number of rotatable bonds is 4. The lowest BCUT2D eigenvalue weighted by atomic mass is 9.95. The van der Waals surface area contributed by atoms with Crippen molar-refractivity contribution < 1.29 is 9.18 Å². The summed E-state index contributed by atoms with van der Waals surface area (Å²) in [4.78, 5) is 32.2. The Hall–Kier alpha value is -3.52. The van der Waals surface area contributed by atoms with Crippen LogP contribution in [0, 0.1) is 5.82 Å². The molecule has 1 N–H and O–H groups in total. The van der Waals surface area contributed by atoms with Gasteiger partial charge < -0.3 is 5.32 Å². The molecule has 4 aromatic rings. The molecule has 5 rings (SSSR count). The molecule has 0 saturated heterocycles. The highest BCUT2D eigenvalue weighted by molar-refractivity contribution is 7.07. The summed E-state index contributed by atoms with van der Waals surface area (Å²) in [6.45, 7) is 1.72. The third-order valence-corrected chi connectivity index (χ3v) is 7.57. The first-order valence-corrected chi connectivity index (χ1v) is 12.5. The van der Waals surface area contributed by atoms with E-state index in [2.05, 4.69) is 10.3 Å². The number of para-hydroxylation sites is 1. The Labute approximate surface area is 219 Å². The van der Waals surface area contributed by atoms with Crippen LogP contribution in [0.5, 0.6) is 0 Å². The van der Waals surface area contributed by atoms with Crippen LogP contribution in [-0.4, -0.2) is 10.5 Å². The van der Waals surface area contributed by atoms with Crippen molar-refractivity contribution in [3.8, 4) is 0 Å². The highest BCUT2D eigenvalue weighted by Gasteiger charge is 2.32. The fourth-order valence-corrected chi connectivity index (χ4v) is 5.47. The second-order valence-corrected chi connectivity index (χ2v) is 9.89. The number of hydrogen-bond donors (Lipinski definition) is 1. The second-order valence-electron chi connectivity index (χ2n) is 8.10. The van der Waals surface area contributed by atoms with Crippen molar-refractivity contribution in [1.82, 2.24) is 4.57 Å². The molecule has 180 valence electrons. The summed E-state index contributed by atoms with van der Waals surface area (Å²) in [5.74, 6) is -0.818. The minimum Gasteiger partial charge on any atom is -0.322 e. The van der Waals surface area contributed by atoms with E-state index in [1.54, 1.807) is 55.5 Å². The summed E-state index contributed by atoms with van der Waals surface area (Å²) < 4.78 is 15.6. The van der Waals surface area contributed by atoms with Crippen LogP contribution in [0.4, 0.5) is 10.1 Å². The van der Waals surface area contributed by atoms with Gasteiger partial charge in [-0.2, -0.15) is 0 Å². The maximum Gasteiger partial charge on any atom is 0.271 e. The topological polar surface area (TPSA) is 63.5 Å². The molecule has 0 unspecified atom stereocenters. The van der Waals surface area contributed by atoms with Gasteiger partial charge in [0.05, 0.1) is 31.9 Å². The second kappa shape index (κ2) is 9.85. The maximum absolute atomic E-state index is 13.8. The van der Waals surface area contributed by atoms with E-state index < -0.39 is 17.8 Å². The van der Waals surface area contributed by atoms with Crippen LogP contribution in [0.15, 0.2) is 93.9 Å². The fourth-order valence-electron chi connectivity index (χ4n) is 4.07. The molecule has 0 fully saturated rings. The van der Waals surface area contributed by atoms with E-state index >= 15 is 0 Å². The predicted octanol–water partition coefficient (Wildman–Crippen LogP) is 5.32. The van der Waals surface area contributed by atoms with Crippen molar-refractivity contribution >= 4 is 52.2 Å². The number of nitrogens with zero attached hydrogens (tertiary/aromatic N) is 2. The normalized spacial score (nSPS) is 15.4. The molecule has 5 nitrogen and oxygen atoms in total. The van der Waals surface area contributed by atoms with Gasteiger partial charge in [0.25, 0.3) is 11.5 Å². The average Bonchev–Trinajstić information content (AvgIpc) is 3.16. The molecular weight excluding hydrogens is 520 g/mol. The van der Waals surface area contributed by atoms with Gasteiger partial charge in [-0.15, -0.1) is 0 Å². The number of amides is 1. The molecule has 1 atom stereocenters. The molecule has 0 spiro atoms. The zero-order chi connectivity index (χ0) is 25.4. The van der Waals surface area contributed by atoms with Gasteiger partial charge in [-0.1, -0.05) is 77.0 Å². The molecule has 36 heavy (non-hydrogen) atoms. The third-order valence-electron chi connectivity index (χ3n) is 5.75. The van der Waals surface area contributed by atoms with Crippen molar-refractivity contribution in [1.29, 1.82) is 0 Å². The Kier molecular flexibility index (Phi) is 6.62. The number of aromatic nitrogens is 1. The van der Waals surface area contributed by atoms with E-state index in [4.69, 9.17) is 23.2 Å². The van der Waals surface area contributed by atoms with Gasteiger partial charge in [-0.3, -0.25) is 14.2 Å². The monoisotopic (exact) mass is 537 g/mol. The van der Waals surface area contributed by atoms with E-state index in [9.17, 15) is 14.0 Å². The lowest BCUT2D eigenvalue weighted by molar-refractivity contribution is -0.113. The highest BCUT2D eigenvalue weighted by Crippen LogP contribution is 2.31. The average molecular weight is 538 g/mol. The lowest BCUT2D eigenvalue weighted by Gasteiger charge is -2.25. The molecule has 1 aromatic heterocycles. The molecule has 0 saturated carbocycles. The Morgan fingerprint density at radius 1 is 1.06 bits per heavy atom. The molecule has 2 heterocycles.